The number of carbonyl (C=O) groups excluding carboxylic acids is 3. The minimum Gasteiger partial charge on any atom is -0.494 e. The lowest BCUT2D eigenvalue weighted by atomic mass is 9.77. The number of unbranched alkanes of at least 4 members (excludes halogenated alkanes) is 3. The van der Waals surface area contributed by atoms with Gasteiger partial charge in [-0.1, -0.05) is 86.2 Å². The number of esters is 1. The van der Waals surface area contributed by atoms with Crippen LogP contribution < -0.4 is 30.2 Å². The van der Waals surface area contributed by atoms with Gasteiger partial charge in [0.1, 0.15) is 46.3 Å². The molecular formula is C70H66F16N4O8. The Labute approximate surface area is 552 Å². The summed E-state index contributed by atoms with van der Waals surface area (Å²) in [5.74, 6) is -8.54. The number of allylic oxidation sites excluding steroid dienone is 1. The molecule has 0 bridgehead atoms. The first-order chi connectivity index (χ1) is 46.3. The summed E-state index contributed by atoms with van der Waals surface area (Å²) in [6.45, 7) is 6.34. The average molecular weight is 1400 g/mol. The third-order valence-electron chi connectivity index (χ3n) is 15.8. The van der Waals surface area contributed by atoms with E-state index < -0.39 is 118 Å². The maximum absolute atomic E-state index is 15.2. The molecule has 2 atom stereocenters. The predicted molar refractivity (Wildman–Crippen MR) is 327 cm³/mol. The molecule has 1 fully saturated rings. The number of hydroxylamine groups is 2. The van der Waals surface area contributed by atoms with Crippen molar-refractivity contribution in [3.63, 3.8) is 0 Å². The van der Waals surface area contributed by atoms with E-state index in [0.29, 0.717) is 80.4 Å². The summed E-state index contributed by atoms with van der Waals surface area (Å²) >= 11 is 0. The number of hydrogen-bond donors (Lipinski definition) is 3. The van der Waals surface area contributed by atoms with Gasteiger partial charge in [-0.2, -0.15) is 48.3 Å². The zero-order valence-electron chi connectivity index (χ0n) is 52.6. The molecule has 1 aliphatic carbocycles. The molecule has 12 nitrogen and oxygen atoms in total. The van der Waals surface area contributed by atoms with Gasteiger partial charge in [-0.05, 0) is 145 Å². The number of nitrogens with one attached hydrogen (secondary N) is 3. The SMILES string of the molecule is C=C(C1CC(NC(=O)N[C@](Cc2ccccc2)(c2ccc(F)cc2)c2cc(F)cc(OC(F)(F)C(F)F)c2)C1)N(C)OC.CCOC(=O)CCCCCCOc1ccc(C[C@@](NC(=O)c2ccc(F)c(C(F)(F)F)c2)(c2ccc(F)cc2)c2cc(F)cc(OC(F)(F)C(F)F)c2)cc1. The number of alkyl halides is 11. The van der Waals surface area contributed by atoms with E-state index >= 15 is 4.39 Å². The molecule has 28 heteroatoms. The number of ether oxygens (including phenoxy) is 4. The van der Waals surface area contributed by atoms with Gasteiger partial charge in [0.25, 0.3) is 5.91 Å². The zero-order chi connectivity index (χ0) is 71.8. The van der Waals surface area contributed by atoms with Crippen LogP contribution in [-0.4, -0.2) is 81.5 Å². The summed E-state index contributed by atoms with van der Waals surface area (Å²) in [5.41, 5.74) is -4.96. The Bertz CT molecular complexity index is 3810. The molecule has 0 unspecified atom stereocenters. The monoisotopic (exact) mass is 1390 g/mol. The fraction of sp³-hybridized carbons (Fsp3) is 0.329. The molecule has 0 aromatic heterocycles. The summed E-state index contributed by atoms with van der Waals surface area (Å²) < 4.78 is 240. The number of urea groups is 1. The van der Waals surface area contributed by atoms with Crippen LogP contribution >= 0.6 is 0 Å². The molecule has 0 spiro atoms. The minimum absolute atomic E-state index is 0.0518. The van der Waals surface area contributed by atoms with Gasteiger partial charge < -0.3 is 34.9 Å². The van der Waals surface area contributed by atoms with Crippen LogP contribution in [0.3, 0.4) is 0 Å². The molecule has 7 aromatic carbocycles. The molecule has 1 saturated carbocycles. The summed E-state index contributed by atoms with van der Waals surface area (Å²) in [6, 6.07) is 28.6. The van der Waals surface area contributed by atoms with Crippen molar-refractivity contribution in [1.82, 2.24) is 21.0 Å². The fourth-order valence-electron chi connectivity index (χ4n) is 10.7. The van der Waals surface area contributed by atoms with Crippen molar-refractivity contribution in [1.29, 1.82) is 0 Å². The molecule has 3 amide bonds. The van der Waals surface area contributed by atoms with E-state index in [4.69, 9.17) is 14.3 Å². The van der Waals surface area contributed by atoms with E-state index in [1.54, 1.807) is 44.3 Å². The van der Waals surface area contributed by atoms with E-state index in [2.05, 4.69) is 32.0 Å². The number of hydrogen-bond acceptors (Lipinski definition) is 9. The predicted octanol–water partition coefficient (Wildman–Crippen LogP) is 16.9. The number of amides is 3. The molecule has 8 rings (SSSR count). The third-order valence-corrected chi connectivity index (χ3v) is 15.8. The highest BCUT2D eigenvalue weighted by molar-refractivity contribution is 5.95. The lowest BCUT2D eigenvalue weighted by molar-refractivity contribution is -0.253. The standard InChI is InChI=1S/C39H35F10NO5.C31H31F6N3O3/c1-2-53-34(51)7-5-3-4-6-18-54-30-15-8-24(9-16-30)23-37(26-11-13-28(40)14-12-26,27-20-29(41)22-31(21-27)55-39(48,49)36(43)44)50-35(52)25-10-17-33(42)32(19-25)38(45,46)47;1-19(40(2)42-3)21-13-26(14-21)38-29(41)39-30(18-20-7-5-4-6-8-20,22-9-11-24(32)12-10-22)23-15-25(33)17-27(16-23)43-31(36,37)28(34)35/h8-17,19-22,36H,2-7,18,23H2,1H3,(H,50,52);4-12,15-17,21,26,28H,1,13-14,18H2,2-3H3,(H2,38,39,41)/t37-;21?,26?,30-/m11/s1. The summed E-state index contributed by atoms with van der Waals surface area (Å²) in [5, 5.41) is 9.76. The Morgan fingerprint density at radius 3 is 1.56 bits per heavy atom. The van der Waals surface area contributed by atoms with Crippen LogP contribution in [-0.2, 0) is 44.5 Å². The fourth-order valence-corrected chi connectivity index (χ4v) is 10.7. The van der Waals surface area contributed by atoms with Gasteiger partial charge in [-0.3, -0.25) is 19.5 Å². The van der Waals surface area contributed by atoms with Crippen LogP contribution in [0, 0.1) is 35.0 Å². The smallest absolute Gasteiger partial charge is 0.461 e. The molecule has 0 aliphatic heterocycles. The van der Waals surface area contributed by atoms with Crippen molar-refractivity contribution in [2.24, 2.45) is 5.92 Å². The Balaban J connectivity index is 0.000000284. The van der Waals surface area contributed by atoms with Gasteiger partial charge in [-0.15, -0.1) is 0 Å². The van der Waals surface area contributed by atoms with Crippen LogP contribution in [0.4, 0.5) is 75.0 Å². The van der Waals surface area contributed by atoms with Crippen molar-refractivity contribution in [3.8, 4) is 17.2 Å². The second kappa shape index (κ2) is 33.2. The van der Waals surface area contributed by atoms with E-state index in [1.165, 1.54) is 48.6 Å². The Hall–Kier alpha value is -9.47. The highest BCUT2D eigenvalue weighted by atomic mass is 19.4. The number of nitrogens with zero attached hydrogens (tertiary/aromatic N) is 1. The Morgan fingerprint density at radius 1 is 0.571 bits per heavy atom. The van der Waals surface area contributed by atoms with E-state index in [-0.39, 0.29) is 47.1 Å². The molecule has 3 N–H and O–H groups in total. The average Bonchev–Trinajstić information content (AvgIpc) is 0.748. The van der Waals surface area contributed by atoms with Gasteiger partial charge in [0.05, 0.1) is 37.0 Å². The van der Waals surface area contributed by atoms with Gasteiger partial charge >= 0.3 is 43.2 Å². The number of benzene rings is 7. The summed E-state index contributed by atoms with van der Waals surface area (Å²) in [6.07, 6.45) is -20.0. The lowest BCUT2D eigenvalue weighted by Crippen LogP contribution is -2.56. The van der Waals surface area contributed by atoms with Gasteiger partial charge in [0.2, 0.25) is 0 Å². The van der Waals surface area contributed by atoms with Crippen molar-refractivity contribution in [2.45, 2.75) is 113 Å². The van der Waals surface area contributed by atoms with Crippen molar-refractivity contribution in [2.75, 3.05) is 27.4 Å². The van der Waals surface area contributed by atoms with Gasteiger partial charge in [0, 0.05) is 61.7 Å². The minimum atomic E-state index is -5.22. The molecule has 0 heterocycles. The molecule has 98 heavy (non-hydrogen) atoms. The first kappa shape index (κ1) is 75.9. The van der Waals surface area contributed by atoms with Crippen LogP contribution in [0.15, 0.2) is 170 Å². The van der Waals surface area contributed by atoms with Crippen molar-refractivity contribution in [3.05, 3.63) is 244 Å². The third kappa shape index (κ3) is 20.3. The van der Waals surface area contributed by atoms with Crippen LogP contribution in [0.2, 0.25) is 0 Å². The Kier molecular flexibility index (Phi) is 25.7. The van der Waals surface area contributed by atoms with E-state index in [1.807, 2.05) is 0 Å². The van der Waals surface area contributed by atoms with Crippen molar-refractivity contribution < 1.29 is 108 Å². The zero-order valence-corrected chi connectivity index (χ0v) is 52.6. The highest BCUT2D eigenvalue weighted by Gasteiger charge is 2.47. The maximum atomic E-state index is 15.2. The largest absolute Gasteiger partial charge is 0.494 e. The van der Waals surface area contributed by atoms with E-state index in [9.17, 15) is 80.2 Å². The van der Waals surface area contributed by atoms with Gasteiger partial charge in [0.15, 0.2) is 0 Å². The topological polar surface area (TPSA) is 137 Å². The van der Waals surface area contributed by atoms with Crippen LogP contribution in [0.25, 0.3) is 0 Å². The first-order valence-corrected chi connectivity index (χ1v) is 30.3. The maximum Gasteiger partial charge on any atom is 0.461 e. The molecule has 7 aromatic rings. The van der Waals surface area contributed by atoms with Gasteiger partial charge in [-0.25, -0.2) is 26.7 Å². The van der Waals surface area contributed by atoms with Crippen molar-refractivity contribution >= 4 is 17.9 Å². The van der Waals surface area contributed by atoms with E-state index in [0.717, 1.165) is 85.3 Å². The molecule has 526 valence electrons. The summed E-state index contributed by atoms with van der Waals surface area (Å²) in [4.78, 5) is 44.0. The first-order valence-electron chi connectivity index (χ1n) is 30.3. The second-order valence-corrected chi connectivity index (χ2v) is 22.7. The molecule has 1 aliphatic rings. The molecule has 0 saturated heterocycles. The van der Waals surface area contributed by atoms with Crippen LogP contribution in [0.5, 0.6) is 17.2 Å². The number of halogens is 16. The quantitative estimate of drug-likeness (QED) is 0.0174. The molecule has 0 radical (unpaired) electrons. The number of carbonyl (C=O) groups is 3. The number of rotatable bonds is 30. The summed E-state index contributed by atoms with van der Waals surface area (Å²) in [7, 11) is 3.22. The Morgan fingerprint density at radius 2 is 1.07 bits per heavy atom. The highest BCUT2D eigenvalue weighted by Crippen LogP contribution is 2.42. The second-order valence-electron chi connectivity index (χ2n) is 22.7. The molecular weight excluding hydrogens is 1330 g/mol. The van der Waals surface area contributed by atoms with Crippen LogP contribution in [0.1, 0.15) is 101 Å². The lowest BCUT2D eigenvalue weighted by Gasteiger charge is -2.41. The normalized spacial score (nSPS) is 15.1.